The second-order valence-electron chi connectivity index (χ2n) is 5.14. The lowest BCUT2D eigenvalue weighted by Gasteiger charge is -2.27. The number of carbonyl (C=O) groups is 1. The van der Waals surface area contributed by atoms with Crippen molar-refractivity contribution in [2.45, 2.75) is 25.4 Å². The molecule has 2 aromatic rings. The molecule has 0 amide bonds. The minimum absolute atomic E-state index is 0.0235. The van der Waals surface area contributed by atoms with Gasteiger partial charge in [0.1, 0.15) is 18.1 Å². The van der Waals surface area contributed by atoms with Gasteiger partial charge in [-0.3, -0.25) is 4.79 Å². The van der Waals surface area contributed by atoms with Gasteiger partial charge in [0.25, 0.3) is 0 Å². The highest BCUT2D eigenvalue weighted by Gasteiger charge is 2.32. The van der Waals surface area contributed by atoms with Crippen molar-refractivity contribution in [3.05, 3.63) is 62.5 Å². The van der Waals surface area contributed by atoms with Crippen molar-refractivity contribution in [2.24, 2.45) is 0 Å². The van der Waals surface area contributed by atoms with Crippen LogP contribution in [0.2, 0.25) is 0 Å². The van der Waals surface area contributed by atoms with Gasteiger partial charge in [-0.2, -0.15) is 0 Å². The Morgan fingerprint density at radius 2 is 1.90 bits per heavy atom. The molecule has 0 bridgehead atoms. The van der Waals surface area contributed by atoms with Crippen LogP contribution in [0.5, 0.6) is 5.75 Å². The number of benzene rings is 2. The van der Waals surface area contributed by atoms with Gasteiger partial charge in [0.05, 0.1) is 4.47 Å². The molecule has 21 heavy (non-hydrogen) atoms. The minimum atomic E-state index is -0.0235. The van der Waals surface area contributed by atoms with Crippen LogP contribution in [-0.2, 0) is 11.4 Å². The van der Waals surface area contributed by atoms with E-state index in [1.165, 1.54) is 0 Å². The van der Waals surface area contributed by atoms with Crippen molar-refractivity contribution in [1.29, 1.82) is 0 Å². The Hall–Kier alpha value is -1.13. The minimum Gasteiger partial charge on any atom is -0.487 e. The number of halogens is 2. The Morgan fingerprint density at radius 1 is 1.14 bits per heavy atom. The highest BCUT2D eigenvalue weighted by molar-refractivity contribution is 9.11. The first kappa shape index (κ1) is 14.8. The number of hydrogen-bond acceptors (Lipinski definition) is 2. The Morgan fingerprint density at radius 3 is 2.52 bits per heavy atom. The highest BCUT2D eigenvalue weighted by atomic mass is 79.9. The number of rotatable bonds is 4. The lowest BCUT2D eigenvalue weighted by atomic mass is 9.78. The summed E-state index contributed by atoms with van der Waals surface area (Å²) in [6.07, 6.45) is 1.58. The van der Waals surface area contributed by atoms with E-state index in [-0.39, 0.29) is 5.92 Å². The molecule has 2 aromatic carbocycles. The fourth-order valence-electron chi connectivity index (χ4n) is 2.46. The first-order valence-corrected chi connectivity index (χ1v) is 8.42. The fraction of sp³-hybridized carbons (Fsp3) is 0.235. The molecular formula is C17H14Br2O2. The predicted molar refractivity (Wildman–Crippen MR) is 89.6 cm³/mol. The normalized spacial score (nSPS) is 17.4. The maximum Gasteiger partial charge on any atom is 0.140 e. The Labute approximate surface area is 140 Å². The van der Waals surface area contributed by atoms with Gasteiger partial charge in [-0.25, -0.2) is 0 Å². The summed E-state index contributed by atoms with van der Waals surface area (Å²) in [6.45, 7) is 0.495. The Bertz CT molecular complexity index is 668. The summed E-state index contributed by atoms with van der Waals surface area (Å²) in [6, 6.07) is 14.0. The largest absolute Gasteiger partial charge is 0.487 e. The maximum absolute atomic E-state index is 11.8. The zero-order valence-electron chi connectivity index (χ0n) is 11.3. The number of Topliss-reactive ketones (excluding diaryl/α,β-unsaturated/α-hetero) is 1. The van der Waals surface area contributed by atoms with Crippen LogP contribution < -0.4 is 4.74 Å². The molecule has 1 unspecified atom stereocenters. The van der Waals surface area contributed by atoms with Gasteiger partial charge in [-0.05, 0) is 40.0 Å². The van der Waals surface area contributed by atoms with Crippen molar-refractivity contribution in [1.82, 2.24) is 0 Å². The summed E-state index contributed by atoms with van der Waals surface area (Å²) in [5.41, 5.74) is 2.08. The summed E-state index contributed by atoms with van der Waals surface area (Å²) in [4.78, 5) is 11.8. The molecule has 3 rings (SSSR count). The van der Waals surface area contributed by atoms with Gasteiger partial charge in [-0.15, -0.1) is 0 Å². The van der Waals surface area contributed by atoms with Gasteiger partial charge in [0.2, 0.25) is 0 Å². The molecule has 1 atom stereocenters. The van der Waals surface area contributed by atoms with Gasteiger partial charge in [0, 0.05) is 22.4 Å². The zero-order valence-corrected chi connectivity index (χ0v) is 14.5. The molecule has 0 aromatic heterocycles. The SMILES string of the molecule is O=C1CCC1c1cc(Br)cc(Br)c1OCc1ccccc1. The Kier molecular flexibility index (Phi) is 4.45. The number of carbonyl (C=O) groups excluding carboxylic acids is 1. The quantitative estimate of drug-likeness (QED) is 0.690. The maximum atomic E-state index is 11.8. The molecule has 108 valence electrons. The number of ether oxygens (including phenoxy) is 1. The standard InChI is InChI=1S/C17H14Br2O2/c18-12-8-14(13-6-7-16(13)20)17(15(19)9-12)21-10-11-4-2-1-3-5-11/h1-5,8-9,13H,6-7,10H2. The topological polar surface area (TPSA) is 26.3 Å². The monoisotopic (exact) mass is 408 g/mol. The van der Waals surface area contributed by atoms with E-state index in [1.807, 2.05) is 42.5 Å². The van der Waals surface area contributed by atoms with Crippen molar-refractivity contribution < 1.29 is 9.53 Å². The fourth-order valence-corrected chi connectivity index (χ4v) is 3.83. The van der Waals surface area contributed by atoms with E-state index >= 15 is 0 Å². The van der Waals surface area contributed by atoms with Gasteiger partial charge in [0.15, 0.2) is 0 Å². The van der Waals surface area contributed by atoms with E-state index < -0.39 is 0 Å². The number of hydrogen-bond donors (Lipinski definition) is 0. The first-order chi connectivity index (χ1) is 10.1. The van der Waals surface area contributed by atoms with Crippen LogP contribution in [0.1, 0.15) is 29.9 Å². The van der Waals surface area contributed by atoms with Crippen molar-refractivity contribution in [3.8, 4) is 5.75 Å². The summed E-state index contributed by atoms with van der Waals surface area (Å²) in [5.74, 6) is 1.05. The molecule has 0 heterocycles. The summed E-state index contributed by atoms with van der Waals surface area (Å²) in [5, 5.41) is 0. The lowest BCUT2D eigenvalue weighted by Crippen LogP contribution is -2.24. The average molecular weight is 410 g/mol. The van der Waals surface area contributed by atoms with Crippen LogP contribution in [-0.4, -0.2) is 5.78 Å². The number of ketones is 1. The van der Waals surface area contributed by atoms with Crippen molar-refractivity contribution in [3.63, 3.8) is 0 Å². The van der Waals surface area contributed by atoms with E-state index in [0.29, 0.717) is 18.8 Å². The molecule has 1 saturated carbocycles. The molecule has 2 nitrogen and oxygen atoms in total. The molecule has 1 fully saturated rings. The molecule has 0 N–H and O–H groups in total. The summed E-state index contributed by atoms with van der Waals surface area (Å²) in [7, 11) is 0. The van der Waals surface area contributed by atoms with Crippen LogP contribution in [0.3, 0.4) is 0 Å². The second kappa shape index (κ2) is 6.32. The van der Waals surface area contributed by atoms with E-state index in [2.05, 4.69) is 31.9 Å². The lowest BCUT2D eigenvalue weighted by molar-refractivity contribution is -0.125. The summed E-state index contributed by atoms with van der Waals surface area (Å²) >= 11 is 7.03. The molecule has 0 aliphatic heterocycles. The van der Waals surface area contributed by atoms with Crippen LogP contribution in [0.25, 0.3) is 0 Å². The van der Waals surface area contributed by atoms with Crippen LogP contribution in [0.4, 0.5) is 0 Å². The highest BCUT2D eigenvalue weighted by Crippen LogP contribution is 2.43. The molecule has 0 radical (unpaired) electrons. The first-order valence-electron chi connectivity index (χ1n) is 6.83. The third kappa shape index (κ3) is 3.22. The van der Waals surface area contributed by atoms with Gasteiger partial charge < -0.3 is 4.74 Å². The Balaban J connectivity index is 1.88. The molecule has 4 heteroatoms. The molecule has 0 saturated heterocycles. The molecule has 1 aliphatic carbocycles. The zero-order chi connectivity index (χ0) is 14.8. The van der Waals surface area contributed by atoms with Gasteiger partial charge >= 0.3 is 0 Å². The second-order valence-corrected chi connectivity index (χ2v) is 6.91. The van der Waals surface area contributed by atoms with Gasteiger partial charge in [-0.1, -0.05) is 46.3 Å². The summed E-state index contributed by atoms with van der Waals surface area (Å²) < 4.78 is 7.83. The van der Waals surface area contributed by atoms with Crippen LogP contribution in [0, 0.1) is 0 Å². The van der Waals surface area contributed by atoms with Crippen LogP contribution >= 0.6 is 31.9 Å². The van der Waals surface area contributed by atoms with Crippen LogP contribution in [0.15, 0.2) is 51.4 Å². The third-order valence-electron chi connectivity index (χ3n) is 3.71. The smallest absolute Gasteiger partial charge is 0.140 e. The molecule has 0 spiro atoms. The van der Waals surface area contributed by atoms with E-state index in [0.717, 1.165) is 32.2 Å². The average Bonchev–Trinajstić information content (AvgIpc) is 2.46. The molecule has 1 aliphatic rings. The third-order valence-corrected chi connectivity index (χ3v) is 4.75. The van der Waals surface area contributed by atoms with E-state index in [9.17, 15) is 4.79 Å². The van der Waals surface area contributed by atoms with E-state index in [1.54, 1.807) is 0 Å². The van der Waals surface area contributed by atoms with Crippen molar-refractivity contribution >= 4 is 37.6 Å². The molecular weight excluding hydrogens is 396 g/mol. The van der Waals surface area contributed by atoms with Crippen molar-refractivity contribution in [2.75, 3.05) is 0 Å². The van der Waals surface area contributed by atoms with E-state index in [4.69, 9.17) is 4.74 Å². The predicted octanol–water partition coefficient (Wildman–Crippen LogP) is 5.24.